The van der Waals surface area contributed by atoms with E-state index in [2.05, 4.69) is 15.3 Å². The van der Waals surface area contributed by atoms with Crippen LogP contribution in [0.15, 0.2) is 12.4 Å². The van der Waals surface area contributed by atoms with Gasteiger partial charge in [0.1, 0.15) is 5.82 Å². The van der Waals surface area contributed by atoms with Crippen molar-refractivity contribution in [3.63, 3.8) is 0 Å². The second kappa shape index (κ2) is 6.63. The zero-order chi connectivity index (χ0) is 11.1. The van der Waals surface area contributed by atoms with Gasteiger partial charge in [0.2, 0.25) is 0 Å². The molecule has 0 aliphatic carbocycles. The summed E-state index contributed by atoms with van der Waals surface area (Å²) in [5, 5.41) is 12.2. The van der Waals surface area contributed by atoms with Crippen LogP contribution in [0.3, 0.4) is 0 Å². The van der Waals surface area contributed by atoms with Crippen molar-refractivity contribution in [1.82, 2.24) is 9.97 Å². The quantitative estimate of drug-likeness (QED) is 0.771. The largest absolute Gasteiger partial charge is 0.395 e. The Morgan fingerprint density at radius 3 is 2.80 bits per heavy atom. The lowest BCUT2D eigenvalue weighted by molar-refractivity contribution is 0.300. The first-order valence-electron chi connectivity index (χ1n) is 5.03. The Hall–Kier alpha value is -0.810. The van der Waals surface area contributed by atoms with Crippen LogP contribution in [-0.4, -0.2) is 33.5 Å². The predicted octanol–water partition coefficient (Wildman–Crippen LogP) is 1.52. The van der Waals surface area contributed by atoms with Crippen molar-refractivity contribution in [1.29, 1.82) is 0 Å². The summed E-state index contributed by atoms with van der Waals surface area (Å²) in [6.45, 7) is 5.07. The SMILES string of the molecule is CCNc1cnc(CSC(C)CO)cn1. The third-order valence-corrected chi connectivity index (χ3v) is 3.02. The number of thioether (sulfide) groups is 1. The van der Waals surface area contributed by atoms with Crippen LogP contribution >= 0.6 is 11.8 Å². The molecule has 5 heteroatoms. The zero-order valence-corrected chi connectivity index (χ0v) is 9.92. The molecule has 1 aromatic heterocycles. The van der Waals surface area contributed by atoms with Crippen molar-refractivity contribution >= 4 is 17.6 Å². The van der Waals surface area contributed by atoms with E-state index in [0.29, 0.717) is 0 Å². The van der Waals surface area contributed by atoms with Gasteiger partial charge in [0, 0.05) is 17.5 Å². The van der Waals surface area contributed by atoms with Crippen molar-refractivity contribution in [3.05, 3.63) is 18.1 Å². The fourth-order valence-corrected chi connectivity index (χ4v) is 1.69. The molecule has 0 spiro atoms. The molecule has 1 rings (SSSR count). The molecule has 1 aromatic rings. The molecule has 0 aromatic carbocycles. The molecule has 1 atom stereocenters. The van der Waals surface area contributed by atoms with Gasteiger partial charge in [0.25, 0.3) is 0 Å². The Bertz CT molecular complexity index is 279. The number of aliphatic hydroxyl groups is 1. The molecule has 0 saturated heterocycles. The molecular formula is C10H17N3OS. The summed E-state index contributed by atoms with van der Waals surface area (Å²) in [5.41, 5.74) is 0.946. The smallest absolute Gasteiger partial charge is 0.144 e. The van der Waals surface area contributed by atoms with Gasteiger partial charge in [-0.1, -0.05) is 6.92 Å². The average Bonchev–Trinajstić information content (AvgIpc) is 2.28. The van der Waals surface area contributed by atoms with E-state index in [1.807, 2.05) is 13.8 Å². The van der Waals surface area contributed by atoms with Gasteiger partial charge in [-0.15, -0.1) is 11.8 Å². The minimum atomic E-state index is 0.202. The molecule has 0 fully saturated rings. The highest BCUT2D eigenvalue weighted by Gasteiger charge is 2.02. The van der Waals surface area contributed by atoms with E-state index in [1.165, 1.54) is 0 Å². The monoisotopic (exact) mass is 227 g/mol. The van der Waals surface area contributed by atoms with Crippen LogP contribution in [0, 0.1) is 0 Å². The average molecular weight is 227 g/mol. The summed E-state index contributed by atoms with van der Waals surface area (Å²) in [5.74, 6) is 1.60. The summed E-state index contributed by atoms with van der Waals surface area (Å²) in [6, 6.07) is 0. The van der Waals surface area contributed by atoms with Gasteiger partial charge in [-0.3, -0.25) is 4.98 Å². The first kappa shape index (κ1) is 12.3. The normalized spacial score (nSPS) is 12.5. The number of hydrogen-bond donors (Lipinski definition) is 2. The van der Waals surface area contributed by atoms with Crippen molar-refractivity contribution in [2.75, 3.05) is 18.5 Å². The van der Waals surface area contributed by atoms with Crippen LogP contribution in [-0.2, 0) is 5.75 Å². The van der Waals surface area contributed by atoms with Crippen molar-refractivity contribution in [2.45, 2.75) is 24.9 Å². The standard InChI is InChI=1S/C10H17N3OS/c1-3-11-10-5-12-9(4-13-10)7-15-8(2)6-14/h4-5,8,14H,3,6-7H2,1-2H3,(H,11,13). The number of rotatable bonds is 6. The van der Waals surface area contributed by atoms with Crippen LogP contribution in [0.1, 0.15) is 19.5 Å². The molecule has 15 heavy (non-hydrogen) atoms. The third kappa shape index (κ3) is 4.48. The lowest BCUT2D eigenvalue weighted by Gasteiger charge is -2.07. The van der Waals surface area contributed by atoms with E-state index in [0.717, 1.165) is 23.8 Å². The van der Waals surface area contributed by atoms with Gasteiger partial charge in [-0.2, -0.15) is 0 Å². The molecule has 84 valence electrons. The molecule has 0 saturated carbocycles. The Kier molecular flexibility index (Phi) is 5.42. The van der Waals surface area contributed by atoms with E-state index in [9.17, 15) is 0 Å². The third-order valence-electron chi connectivity index (χ3n) is 1.84. The van der Waals surface area contributed by atoms with E-state index < -0.39 is 0 Å². The second-order valence-electron chi connectivity index (χ2n) is 3.23. The lowest BCUT2D eigenvalue weighted by atomic mass is 10.5. The summed E-state index contributed by atoms with van der Waals surface area (Å²) in [7, 11) is 0. The topological polar surface area (TPSA) is 58.0 Å². The highest BCUT2D eigenvalue weighted by atomic mass is 32.2. The van der Waals surface area contributed by atoms with Crippen molar-refractivity contribution in [2.24, 2.45) is 0 Å². The van der Waals surface area contributed by atoms with Crippen LogP contribution in [0.2, 0.25) is 0 Å². The lowest BCUT2D eigenvalue weighted by Crippen LogP contribution is -2.04. The molecular weight excluding hydrogens is 210 g/mol. The zero-order valence-electron chi connectivity index (χ0n) is 9.10. The summed E-state index contributed by atoms with van der Waals surface area (Å²) < 4.78 is 0. The van der Waals surface area contributed by atoms with Crippen LogP contribution in [0.4, 0.5) is 5.82 Å². The molecule has 1 heterocycles. The van der Waals surface area contributed by atoms with Crippen LogP contribution < -0.4 is 5.32 Å². The summed E-state index contributed by atoms with van der Waals surface area (Å²) in [4.78, 5) is 8.50. The van der Waals surface area contributed by atoms with Crippen molar-refractivity contribution in [3.8, 4) is 0 Å². The van der Waals surface area contributed by atoms with E-state index in [1.54, 1.807) is 24.2 Å². The molecule has 0 bridgehead atoms. The van der Waals surface area contributed by atoms with Crippen molar-refractivity contribution < 1.29 is 5.11 Å². The van der Waals surface area contributed by atoms with E-state index in [4.69, 9.17) is 5.11 Å². The second-order valence-corrected chi connectivity index (χ2v) is 4.65. The molecule has 1 unspecified atom stereocenters. The van der Waals surface area contributed by atoms with E-state index in [-0.39, 0.29) is 11.9 Å². The Morgan fingerprint density at radius 1 is 1.47 bits per heavy atom. The van der Waals surface area contributed by atoms with Crippen LogP contribution in [0.25, 0.3) is 0 Å². The minimum absolute atomic E-state index is 0.202. The number of hydrogen-bond acceptors (Lipinski definition) is 5. The number of nitrogens with one attached hydrogen (secondary N) is 1. The summed E-state index contributed by atoms with van der Waals surface area (Å²) >= 11 is 1.68. The van der Waals surface area contributed by atoms with Gasteiger partial charge in [0.15, 0.2) is 0 Å². The molecule has 0 aliphatic rings. The number of aliphatic hydroxyl groups excluding tert-OH is 1. The van der Waals surface area contributed by atoms with Gasteiger partial charge >= 0.3 is 0 Å². The fourth-order valence-electron chi connectivity index (χ4n) is 0.982. The number of aromatic nitrogens is 2. The highest BCUT2D eigenvalue weighted by molar-refractivity contribution is 7.99. The fraction of sp³-hybridized carbons (Fsp3) is 0.600. The molecule has 0 radical (unpaired) electrons. The molecule has 0 aliphatic heterocycles. The predicted molar refractivity (Wildman–Crippen MR) is 64.0 cm³/mol. The first-order chi connectivity index (χ1) is 7.26. The Balaban J connectivity index is 2.42. The van der Waals surface area contributed by atoms with E-state index >= 15 is 0 Å². The molecule has 2 N–H and O–H groups in total. The minimum Gasteiger partial charge on any atom is -0.395 e. The Morgan fingerprint density at radius 2 is 2.27 bits per heavy atom. The maximum absolute atomic E-state index is 8.86. The maximum Gasteiger partial charge on any atom is 0.144 e. The summed E-state index contributed by atoms with van der Waals surface area (Å²) in [6.07, 6.45) is 3.51. The molecule has 4 nitrogen and oxygen atoms in total. The van der Waals surface area contributed by atoms with Gasteiger partial charge in [0.05, 0.1) is 24.7 Å². The number of anilines is 1. The number of nitrogens with zero attached hydrogens (tertiary/aromatic N) is 2. The van der Waals surface area contributed by atoms with Gasteiger partial charge < -0.3 is 10.4 Å². The molecule has 0 amide bonds. The highest BCUT2D eigenvalue weighted by Crippen LogP contribution is 2.15. The first-order valence-corrected chi connectivity index (χ1v) is 6.08. The van der Waals surface area contributed by atoms with Gasteiger partial charge in [-0.05, 0) is 6.92 Å². The van der Waals surface area contributed by atoms with Crippen LogP contribution in [0.5, 0.6) is 0 Å². The maximum atomic E-state index is 8.86. The Labute approximate surface area is 94.5 Å². The van der Waals surface area contributed by atoms with Gasteiger partial charge in [-0.25, -0.2) is 4.98 Å².